The van der Waals surface area contributed by atoms with E-state index in [2.05, 4.69) is 33.0 Å². The van der Waals surface area contributed by atoms with E-state index in [0.717, 1.165) is 61.7 Å². The summed E-state index contributed by atoms with van der Waals surface area (Å²) in [6, 6.07) is 4.22. The van der Waals surface area contributed by atoms with Gasteiger partial charge in [-0.3, -0.25) is 4.90 Å². The van der Waals surface area contributed by atoms with E-state index in [4.69, 9.17) is 14.2 Å². The van der Waals surface area contributed by atoms with Crippen molar-refractivity contribution >= 4 is 15.9 Å². The molecule has 5 heteroatoms. The molecule has 0 unspecified atom stereocenters. The van der Waals surface area contributed by atoms with Crippen LogP contribution in [0.4, 0.5) is 0 Å². The molecule has 1 aliphatic heterocycles. The molecule has 1 heterocycles. The van der Waals surface area contributed by atoms with Gasteiger partial charge in [0.15, 0.2) is 11.5 Å². The van der Waals surface area contributed by atoms with Crippen molar-refractivity contribution in [2.24, 2.45) is 0 Å². The quantitative estimate of drug-likeness (QED) is 0.733. The van der Waals surface area contributed by atoms with Crippen LogP contribution in [0.3, 0.4) is 0 Å². The minimum absolute atomic E-state index is 0.123. The normalized spacial score (nSPS) is 16.0. The summed E-state index contributed by atoms with van der Waals surface area (Å²) in [5, 5.41) is 0. The van der Waals surface area contributed by atoms with Crippen LogP contribution in [0.2, 0.25) is 0 Å². The first-order valence-corrected chi connectivity index (χ1v) is 8.72. The minimum Gasteiger partial charge on any atom is -0.493 e. The van der Waals surface area contributed by atoms with E-state index in [9.17, 15) is 0 Å². The predicted molar refractivity (Wildman–Crippen MR) is 92.0 cm³/mol. The van der Waals surface area contributed by atoms with E-state index in [1.807, 2.05) is 13.8 Å². The average Bonchev–Trinajstić information content (AvgIpc) is 2.50. The number of benzene rings is 1. The van der Waals surface area contributed by atoms with Crippen molar-refractivity contribution < 1.29 is 14.2 Å². The summed E-state index contributed by atoms with van der Waals surface area (Å²) in [6.45, 7) is 8.97. The second-order valence-electron chi connectivity index (χ2n) is 5.83. The Morgan fingerprint density at radius 2 is 2.00 bits per heavy atom. The maximum Gasteiger partial charge on any atom is 0.175 e. The van der Waals surface area contributed by atoms with Gasteiger partial charge in [-0.1, -0.05) is 0 Å². The zero-order valence-electron chi connectivity index (χ0n) is 13.7. The molecule has 0 aliphatic carbocycles. The highest BCUT2D eigenvalue weighted by molar-refractivity contribution is 9.10. The molecular weight excluding hydrogens is 346 g/mol. The number of halogens is 1. The molecule has 0 saturated carbocycles. The van der Waals surface area contributed by atoms with Gasteiger partial charge in [-0.2, -0.15) is 0 Å². The van der Waals surface area contributed by atoms with Gasteiger partial charge in [0.25, 0.3) is 0 Å². The summed E-state index contributed by atoms with van der Waals surface area (Å²) in [4.78, 5) is 2.46. The van der Waals surface area contributed by atoms with Crippen molar-refractivity contribution in [2.45, 2.75) is 32.8 Å². The Morgan fingerprint density at radius 1 is 1.27 bits per heavy atom. The molecule has 0 amide bonds. The lowest BCUT2D eigenvalue weighted by atomic mass is 10.1. The van der Waals surface area contributed by atoms with E-state index in [1.54, 1.807) is 7.11 Å². The number of rotatable bonds is 7. The molecule has 1 aromatic rings. The Labute approximate surface area is 141 Å². The van der Waals surface area contributed by atoms with Crippen LogP contribution in [-0.4, -0.2) is 51.0 Å². The third-order valence-corrected chi connectivity index (χ3v) is 4.28. The lowest BCUT2D eigenvalue weighted by molar-refractivity contribution is 0.0374. The SMILES string of the molecule is COc1cc(CCCN2CCOCC2)cc(Br)c1OC(C)C. The fraction of sp³-hybridized carbons (Fsp3) is 0.647. The number of nitrogens with zero attached hydrogens (tertiary/aromatic N) is 1. The van der Waals surface area contributed by atoms with Crippen molar-refractivity contribution in [3.63, 3.8) is 0 Å². The molecule has 124 valence electrons. The van der Waals surface area contributed by atoms with Crippen LogP contribution in [-0.2, 0) is 11.2 Å². The number of ether oxygens (including phenoxy) is 3. The van der Waals surface area contributed by atoms with Crippen LogP contribution in [0, 0.1) is 0 Å². The second kappa shape index (κ2) is 8.75. The minimum atomic E-state index is 0.123. The average molecular weight is 372 g/mol. The molecule has 1 saturated heterocycles. The van der Waals surface area contributed by atoms with Crippen LogP contribution < -0.4 is 9.47 Å². The second-order valence-corrected chi connectivity index (χ2v) is 6.69. The Hall–Kier alpha value is -0.780. The van der Waals surface area contributed by atoms with Crippen LogP contribution in [0.5, 0.6) is 11.5 Å². The zero-order valence-corrected chi connectivity index (χ0v) is 15.3. The van der Waals surface area contributed by atoms with Gasteiger partial charge in [-0.25, -0.2) is 0 Å². The van der Waals surface area contributed by atoms with Gasteiger partial charge in [-0.05, 0) is 66.9 Å². The summed E-state index contributed by atoms with van der Waals surface area (Å²) < 4.78 is 17.6. The maximum absolute atomic E-state index is 5.83. The first kappa shape index (κ1) is 17.6. The van der Waals surface area contributed by atoms with E-state index < -0.39 is 0 Å². The Balaban J connectivity index is 1.94. The van der Waals surface area contributed by atoms with Crippen LogP contribution in [0.1, 0.15) is 25.8 Å². The van der Waals surface area contributed by atoms with Gasteiger partial charge in [0.2, 0.25) is 0 Å². The summed E-state index contributed by atoms with van der Waals surface area (Å²) in [6.07, 6.45) is 2.30. The highest BCUT2D eigenvalue weighted by atomic mass is 79.9. The molecule has 1 fully saturated rings. The van der Waals surface area contributed by atoms with Crippen LogP contribution in [0.15, 0.2) is 16.6 Å². The lowest BCUT2D eigenvalue weighted by Gasteiger charge is -2.26. The Morgan fingerprint density at radius 3 is 2.64 bits per heavy atom. The smallest absolute Gasteiger partial charge is 0.175 e. The number of hydrogen-bond acceptors (Lipinski definition) is 4. The van der Waals surface area contributed by atoms with Crippen LogP contribution >= 0.6 is 15.9 Å². The number of methoxy groups -OCH3 is 1. The van der Waals surface area contributed by atoms with Gasteiger partial charge >= 0.3 is 0 Å². The van der Waals surface area contributed by atoms with E-state index in [-0.39, 0.29) is 6.10 Å². The fourth-order valence-corrected chi connectivity index (χ4v) is 3.18. The number of hydrogen-bond donors (Lipinski definition) is 0. The van der Waals surface area contributed by atoms with E-state index in [0.29, 0.717) is 0 Å². The molecule has 1 aliphatic rings. The summed E-state index contributed by atoms with van der Waals surface area (Å²) in [7, 11) is 1.69. The van der Waals surface area contributed by atoms with Crippen molar-refractivity contribution in [2.75, 3.05) is 40.0 Å². The monoisotopic (exact) mass is 371 g/mol. The van der Waals surface area contributed by atoms with Crippen molar-refractivity contribution in [3.05, 3.63) is 22.2 Å². The fourth-order valence-electron chi connectivity index (χ4n) is 2.60. The third-order valence-electron chi connectivity index (χ3n) is 3.69. The molecule has 0 bridgehead atoms. The summed E-state index contributed by atoms with van der Waals surface area (Å²) in [5.41, 5.74) is 1.27. The molecule has 0 aromatic heterocycles. The standard InChI is InChI=1S/C17H26BrNO3/c1-13(2)22-17-15(18)11-14(12-16(17)20-3)5-4-6-19-7-9-21-10-8-19/h11-13H,4-10H2,1-3H3. The molecule has 0 atom stereocenters. The van der Waals surface area contributed by atoms with E-state index >= 15 is 0 Å². The van der Waals surface area contributed by atoms with Crippen LogP contribution in [0.25, 0.3) is 0 Å². The predicted octanol–water partition coefficient (Wildman–Crippen LogP) is 3.51. The molecule has 1 aromatic carbocycles. The molecule has 0 spiro atoms. The van der Waals surface area contributed by atoms with Gasteiger partial charge in [0.05, 0.1) is 30.9 Å². The molecule has 2 rings (SSSR count). The first-order valence-electron chi connectivity index (χ1n) is 7.93. The van der Waals surface area contributed by atoms with Crippen molar-refractivity contribution in [1.29, 1.82) is 0 Å². The molecule has 0 N–H and O–H groups in total. The third kappa shape index (κ3) is 5.14. The Kier molecular flexibility index (Phi) is 6.99. The molecular formula is C17H26BrNO3. The highest BCUT2D eigenvalue weighted by Gasteiger charge is 2.14. The van der Waals surface area contributed by atoms with Crippen molar-refractivity contribution in [3.8, 4) is 11.5 Å². The molecule has 22 heavy (non-hydrogen) atoms. The topological polar surface area (TPSA) is 30.9 Å². The highest BCUT2D eigenvalue weighted by Crippen LogP contribution is 2.37. The summed E-state index contributed by atoms with van der Waals surface area (Å²) in [5.74, 6) is 1.58. The number of aryl methyl sites for hydroxylation is 1. The van der Waals surface area contributed by atoms with Gasteiger partial charge in [0.1, 0.15) is 0 Å². The lowest BCUT2D eigenvalue weighted by Crippen LogP contribution is -2.36. The van der Waals surface area contributed by atoms with E-state index in [1.165, 1.54) is 5.56 Å². The van der Waals surface area contributed by atoms with Crippen molar-refractivity contribution in [1.82, 2.24) is 4.90 Å². The van der Waals surface area contributed by atoms with Gasteiger partial charge in [-0.15, -0.1) is 0 Å². The maximum atomic E-state index is 5.83. The molecule has 4 nitrogen and oxygen atoms in total. The Bertz CT molecular complexity index is 473. The molecule has 0 radical (unpaired) electrons. The van der Waals surface area contributed by atoms with Gasteiger partial charge < -0.3 is 14.2 Å². The number of morpholine rings is 1. The summed E-state index contributed by atoms with van der Waals surface area (Å²) >= 11 is 3.60. The van der Waals surface area contributed by atoms with Gasteiger partial charge in [0, 0.05) is 13.1 Å². The largest absolute Gasteiger partial charge is 0.493 e. The zero-order chi connectivity index (χ0) is 15.9. The first-order chi connectivity index (χ1) is 10.6.